The predicted molar refractivity (Wildman–Crippen MR) is 71.5 cm³/mol. The quantitative estimate of drug-likeness (QED) is 0.759. The van der Waals surface area contributed by atoms with Crippen molar-refractivity contribution in [2.24, 2.45) is 0 Å². The summed E-state index contributed by atoms with van der Waals surface area (Å²) in [5.41, 5.74) is 1.33. The van der Waals surface area contributed by atoms with Crippen LogP contribution < -0.4 is 5.32 Å². The number of ether oxygens (including phenoxy) is 1. The topological polar surface area (TPSA) is 34.1 Å². The standard InChI is InChI=1S/C13H22N2OS/c1-4-7-14-8-11-12(10-5-6-10)15-13(17-11)9(2)16-3/h9-10,14H,4-8H2,1-3H3. The zero-order valence-corrected chi connectivity index (χ0v) is 11.8. The van der Waals surface area contributed by atoms with Crippen molar-refractivity contribution in [1.29, 1.82) is 0 Å². The Labute approximate surface area is 108 Å². The maximum atomic E-state index is 5.36. The van der Waals surface area contributed by atoms with Crippen LogP contribution in [0, 0.1) is 0 Å². The molecule has 17 heavy (non-hydrogen) atoms. The highest BCUT2D eigenvalue weighted by molar-refractivity contribution is 7.11. The van der Waals surface area contributed by atoms with Crippen LogP contribution in [-0.2, 0) is 11.3 Å². The van der Waals surface area contributed by atoms with Crippen LogP contribution >= 0.6 is 11.3 Å². The fraction of sp³-hybridized carbons (Fsp3) is 0.769. The van der Waals surface area contributed by atoms with Crippen molar-refractivity contribution in [2.75, 3.05) is 13.7 Å². The fourth-order valence-electron chi connectivity index (χ4n) is 1.84. The molecule has 1 atom stereocenters. The first-order valence-corrected chi connectivity index (χ1v) is 7.30. The maximum Gasteiger partial charge on any atom is 0.122 e. The molecule has 4 heteroatoms. The molecule has 1 aliphatic rings. The minimum absolute atomic E-state index is 0.123. The van der Waals surface area contributed by atoms with E-state index in [1.54, 1.807) is 7.11 Å². The molecule has 1 heterocycles. The lowest BCUT2D eigenvalue weighted by Gasteiger charge is -2.03. The van der Waals surface area contributed by atoms with Crippen molar-refractivity contribution in [3.63, 3.8) is 0 Å². The van der Waals surface area contributed by atoms with Gasteiger partial charge in [0.1, 0.15) is 11.1 Å². The molecule has 96 valence electrons. The summed E-state index contributed by atoms with van der Waals surface area (Å²) in [6.45, 7) is 6.31. The highest BCUT2D eigenvalue weighted by Gasteiger charge is 2.30. The van der Waals surface area contributed by atoms with E-state index in [2.05, 4.69) is 19.2 Å². The zero-order chi connectivity index (χ0) is 12.3. The number of nitrogens with one attached hydrogen (secondary N) is 1. The fourth-order valence-corrected chi connectivity index (χ4v) is 2.99. The van der Waals surface area contributed by atoms with Crippen LogP contribution in [0.5, 0.6) is 0 Å². The second-order valence-electron chi connectivity index (χ2n) is 4.69. The van der Waals surface area contributed by atoms with E-state index in [-0.39, 0.29) is 6.10 Å². The number of methoxy groups -OCH3 is 1. The third-order valence-corrected chi connectivity index (χ3v) is 4.35. The van der Waals surface area contributed by atoms with Gasteiger partial charge < -0.3 is 10.1 Å². The third kappa shape index (κ3) is 3.27. The van der Waals surface area contributed by atoms with E-state index in [9.17, 15) is 0 Å². The maximum absolute atomic E-state index is 5.36. The summed E-state index contributed by atoms with van der Waals surface area (Å²) in [5.74, 6) is 0.725. The number of thiazole rings is 1. The van der Waals surface area contributed by atoms with Gasteiger partial charge in [-0.2, -0.15) is 0 Å². The normalized spacial score (nSPS) is 17.4. The third-order valence-electron chi connectivity index (χ3n) is 3.12. The zero-order valence-electron chi connectivity index (χ0n) is 11.0. The van der Waals surface area contributed by atoms with Crippen LogP contribution in [0.15, 0.2) is 0 Å². The van der Waals surface area contributed by atoms with Crippen molar-refractivity contribution in [2.45, 2.75) is 51.7 Å². The number of hydrogen-bond acceptors (Lipinski definition) is 4. The smallest absolute Gasteiger partial charge is 0.122 e. The number of aromatic nitrogens is 1. The van der Waals surface area contributed by atoms with E-state index in [1.165, 1.54) is 29.8 Å². The second-order valence-corrected chi connectivity index (χ2v) is 5.80. The van der Waals surface area contributed by atoms with Crippen LogP contribution in [0.3, 0.4) is 0 Å². The summed E-state index contributed by atoms with van der Waals surface area (Å²) < 4.78 is 5.36. The summed E-state index contributed by atoms with van der Waals surface area (Å²) in [7, 11) is 1.75. The molecule has 0 radical (unpaired) electrons. The highest BCUT2D eigenvalue weighted by Crippen LogP contribution is 2.43. The van der Waals surface area contributed by atoms with Gasteiger partial charge in [-0.15, -0.1) is 11.3 Å². The lowest BCUT2D eigenvalue weighted by molar-refractivity contribution is 0.119. The highest BCUT2D eigenvalue weighted by atomic mass is 32.1. The van der Waals surface area contributed by atoms with Crippen LogP contribution in [0.4, 0.5) is 0 Å². The van der Waals surface area contributed by atoms with Gasteiger partial charge in [0.2, 0.25) is 0 Å². The van der Waals surface area contributed by atoms with E-state index in [0.29, 0.717) is 0 Å². The number of nitrogens with zero attached hydrogens (tertiary/aromatic N) is 1. The molecule has 1 aromatic heterocycles. The Morgan fingerprint density at radius 2 is 2.29 bits per heavy atom. The molecular weight excluding hydrogens is 232 g/mol. The Bertz CT molecular complexity index is 360. The first-order chi connectivity index (χ1) is 8.26. The first-order valence-electron chi connectivity index (χ1n) is 6.49. The van der Waals surface area contributed by atoms with Gasteiger partial charge in [-0.3, -0.25) is 0 Å². The molecule has 1 fully saturated rings. The van der Waals surface area contributed by atoms with Gasteiger partial charge in [-0.1, -0.05) is 6.92 Å². The minimum Gasteiger partial charge on any atom is -0.375 e. The van der Waals surface area contributed by atoms with Gasteiger partial charge >= 0.3 is 0 Å². The predicted octanol–water partition coefficient (Wildman–Crippen LogP) is 3.23. The van der Waals surface area contributed by atoms with Crippen molar-refractivity contribution in [3.05, 3.63) is 15.6 Å². The van der Waals surface area contributed by atoms with Gasteiger partial charge in [-0.05, 0) is 32.7 Å². The molecule has 1 unspecified atom stereocenters. The van der Waals surface area contributed by atoms with Gasteiger partial charge in [0, 0.05) is 24.4 Å². The monoisotopic (exact) mass is 254 g/mol. The summed E-state index contributed by atoms with van der Waals surface area (Å²) in [4.78, 5) is 6.19. The van der Waals surface area contributed by atoms with E-state index < -0.39 is 0 Å². The molecule has 0 aromatic carbocycles. The first kappa shape index (κ1) is 13.0. The summed E-state index contributed by atoms with van der Waals surface area (Å²) in [5, 5.41) is 4.60. The Morgan fingerprint density at radius 1 is 1.53 bits per heavy atom. The molecule has 3 nitrogen and oxygen atoms in total. The van der Waals surface area contributed by atoms with E-state index >= 15 is 0 Å². The lowest BCUT2D eigenvalue weighted by Crippen LogP contribution is -2.13. The van der Waals surface area contributed by atoms with Crippen LogP contribution in [0.2, 0.25) is 0 Å². The van der Waals surface area contributed by atoms with E-state index in [0.717, 1.165) is 24.0 Å². The molecular formula is C13H22N2OS. The molecule has 2 rings (SSSR count). The van der Waals surface area contributed by atoms with Crippen LogP contribution in [-0.4, -0.2) is 18.6 Å². The van der Waals surface area contributed by atoms with Gasteiger partial charge in [-0.25, -0.2) is 4.98 Å². The minimum atomic E-state index is 0.123. The molecule has 1 N–H and O–H groups in total. The van der Waals surface area contributed by atoms with Gasteiger partial charge in [0.25, 0.3) is 0 Å². The largest absolute Gasteiger partial charge is 0.375 e. The number of hydrogen-bond donors (Lipinski definition) is 1. The summed E-state index contributed by atoms with van der Waals surface area (Å²) >= 11 is 1.81. The summed E-state index contributed by atoms with van der Waals surface area (Å²) in [6, 6.07) is 0. The SMILES string of the molecule is CCCNCc1sc(C(C)OC)nc1C1CC1. The molecule has 1 saturated carbocycles. The second kappa shape index (κ2) is 5.94. The summed E-state index contributed by atoms with van der Waals surface area (Å²) in [6.07, 6.45) is 3.92. The lowest BCUT2D eigenvalue weighted by atomic mass is 10.2. The van der Waals surface area contributed by atoms with Crippen molar-refractivity contribution < 1.29 is 4.74 Å². The Hall–Kier alpha value is -0.450. The van der Waals surface area contributed by atoms with E-state index in [1.807, 2.05) is 11.3 Å². The Balaban J connectivity index is 2.08. The van der Waals surface area contributed by atoms with E-state index in [4.69, 9.17) is 9.72 Å². The molecule has 0 saturated heterocycles. The van der Waals surface area contributed by atoms with Crippen LogP contribution in [0.25, 0.3) is 0 Å². The molecule has 1 aromatic rings. The van der Waals surface area contributed by atoms with Crippen molar-refractivity contribution >= 4 is 11.3 Å². The average molecular weight is 254 g/mol. The number of rotatable bonds is 7. The molecule has 0 bridgehead atoms. The van der Waals surface area contributed by atoms with Crippen molar-refractivity contribution in [3.8, 4) is 0 Å². The average Bonchev–Trinajstić information content (AvgIpc) is 3.10. The van der Waals surface area contributed by atoms with Gasteiger partial charge in [0.05, 0.1) is 5.69 Å². The van der Waals surface area contributed by atoms with Crippen molar-refractivity contribution in [1.82, 2.24) is 10.3 Å². The Morgan fingerprint density at radius 3 is 2.88 bits per heavy atom. The van der Waals surface area contributed by atoms with Gasteiger partial charge in [0.15, 0.2) is 0 Å². The van der Waals surface area contributed by atoms with Crippen LogP contribution in [0.1, 0.15) is 60.7 Å². The molecule has 0 spiro atoms. The molecule has 0 amide bonds. The molecule has 1 aliphatic carbocycles. The Kier molecular flexibility index (Phi) is 4.54. The molecule has 0 aliphatic heterocycles.